The lowest BCUT2D eigenvalue weighted by atomic mass is 10.2. The first kappa shape index (κ1) is 15.7. The van der Waals surface area contributed by atoms with Crippen molar-refractivity contribution in [2.75, 3.05) is 32.7 Å². The van der Waals surface area contributed by atoms with Gasteiger partial charge in [-0.25, -0.2) is 0 Å². The van der Waals surface area contributed by atoms with E-state index in [0.29, 0.717) is 32.7 Å². The molecule has 0 spiro atoms. The van der Waals surface area contributed by atoms with Gasteiger partial charge in [0.2, 0.25) is 0 Å². The summed E-state index contributed by atoms with van der Waals surface area (Å²) in [6.07, 6.45) is 2.75. The molecule has 2 amide bonds. The fourth-order valence-electron chi connectivity index (χ4n) is 2.53. The lowest BCUT2D eigenvalue weighted by Crippen LogP contribution is -2.51. The minimum atomic E-state index is -0.702. The van der Waals surface area contributed by atoms with Gasteiger partial charge in [-0.1, -0.05) is 6.07 Å². The van der Waals surface area contributed by atoms with E-state index >= 15 is 0 Å². The molecule has 0 aromatic carbocycles. The molecule has 8 heteroatoms. The quantitative estimate of drug-likeness (QED) is 0.770. The van der Waals surface area contributed by atoms with E-state index in [0.717, 1.165) is 4.88 Å². The van der Waals surface area contributed by atoms with Crippen LogP contribution < -0.4 is 0 Å². The van der Waals surface area contributed by atoms with Crippen molar-refractivity contribution in [1.82, 2.24) is 9.80 Å². The molecule has 0 radical (unpaired) electrons. The molecule has 1 atom stereocenters. The number of nitrogens with zero attached hydrogens (tertiary/aromatic N) is 4. The summed E-state index contributed by atoms with van der Waals surface area (Å²) < 4.78 is 0. The van der Waals surface area contributed by atoms with Crippen LogP contribution >= 0.6 is 11.3 Å². The van der Waals surface area contributed by atoms with E-state index in [4.69, 9.17) is 0 Å². The number of thiophene rings is 1. The van der Waals surface area contributed by atoms with Crippen LogP contribution in [0.1, 0.15) is 9.67 Å². The average molecular weight is 332 g/mol. The zero-order valence-electron chi connectivity index (χ0n) is 12.4. The summed E-state index contributed by atoms with van der Waals surface area (Å²) in [7, 11) is 0. The largest absolute Gasteiger partial charge is 0.338 e. The van der Waals surface area contributed by atoms with E-state index in [1.165, 1.54) is 23.5 Å². The van der Waals surface area contributed by atoms with Crippen molar-refractivity contribution in [2.24, 2.45) is 10.2 Å². The first-order chi connectivity index (χ1) is 11.1. The topological polar surface area (TPSA) is 82.4 Å². The first-order valence-corrected chi connectivity index (χ1v) is 8.22. The normalized spacial score (nSPS) is 21.7. The zero-order valence-corrected chi connectivity index (χ0v) is 13.2. The Morgan fingerprint density at radius 2 is 2.04 bits per heavy atom. The fourth-order valence-corrected chi connectivity index (χ4v) is 3.18. The number of hydrogen-bond acceptors (Lipinski definition) is 6. The van der Waals surface area contributed by atoms with Gasteiger partial charge in [-0.05, 0) is 17.5 Å². The van der Waals surface area contributed by atoms with Crippen LogP contribution in [-0.4, -0.2) is 66.2 Å². The summed E-state index contributed by atoms with van der Waals surface area (Å²) >= 11 is 1.45. The Labute approximate surface area is 137 Å². The summed E-state index contributed by atoms with van der Waals surface area (Å²) in [6.45, 7) is 2.76. The van der Waals surface area contributed by atoms with Gasteiger partial charge in [-0.3, -0.25) is 19.3 Å². The third-order valence-corrected chi connectivity index (χ3v) is 4.71. The lowest BCUT2D eigenvalue weighted by Gasteiger charge is -2.35. The molecule has 3 rings (SSSR count). The number of hydrogen-bond donors (Lipinski definition) is 0. The Morgan fingerprint density at radius 3 is 2.65 bits per heavy atom. The predicted octanol–water partition coefficient (Wildman–Crippen LogP) is 0.992. The summed E-state index contributed by atoms with van der Waals surface area (Å²) in [5.74, 6) is -0.477. The summed E-state index contributed by atoms with van der Waals surface area (Å²) in [4.78, 5) is 39.8. The van der Waals surface area contributed by atoms with E-state index in [1.807, 2.05) is 22.4 Å². The molecule has 120 valence electrons. The van der Waals surface area contributed by atoms with Crippen molar-refractivity contribution in [1.29, 1.82) is 0 Å². The summed E-state index contributed by atoms with van der Waals surface area (Å²) in [6, 6.07) is 2.99. The SMILES string of the molecule is O=C1C=CC(C(=O)N2CCN(CC(=O)c3cccs3)CC2)N=N1. The fraction of sp³-hybridized carbons (Fsp3) is 0.400. The Balaban J connectivity index is 1.49. The number of carbonyl (C=O) groups is 3. The molecule has 0 N–H and O–H groups in total. The van der Waals surface area contributed by atoms with Crippen molar-refractivity contribution < 1.29 is 14.4 Å². The van der Waals surface area contributed by atoms with Crippen molar-refractivity contribution in [3.05, 3.63) is 34.5 Å². The number of piperazine rings is 1. The second kappa shape index (κ2) is 6.93. The maximum atomic E-state index is 12.3. The molecule has 2 aliphatic rings. The van der Waals surface area contributed by atoms with Crippen LogP contribution in [0.2, 0.25) is 0 Å². The molecule has 2 aliphatic heterocycles. The zero-order chi connectivity index (χ0) is 16.2. The molecule has 0 bridgehead atoms. The monoisotopic (exact) mass is 332 g/mol. The van der Waals surface area contributed by atoms with Crippen LogP contribution in [0.15, 0.2) is 39.9 Å². The highest BCUT2D eigenvalue weighted by molar-refractivity contribution is 7.12. The van der Waals surface area contributed by atoms with Crippen LogP contribution in [0, 0.1) is 0 Å². The van der Waals surface area contributed by atoms with Gasteiger partial charge >= 0.3 is 0 Å². The third kappa shape index (κ3) is 3.77. The van der Waals surface area contributed by atoms with Crippen LogP contribution in [0.25, 0.3) is 0 Å². The van der Waals surface area contributed by atoms with Gasteiger partial charge in [0.1, 0.15) is 0 Å². The Bertz CT molecular complexity index is 644. The van der Waals surface area contributed by atoms with Gasteiger partial charge in [-0.15, -0.1) is 16.5 Å². The van der Waals surface area contributed by atoms with Crippen molar-refractivity contribution >= 4 is 28.9 Å². The number of Topliss-reactive ketones (excluding diaryl/α,β-unsaturated/α-hetero) is 1. The smallest absolute Gasteiger partial charge is 0.287 e. The molecule has 1 saturated heterocycles. The highest BCUT2D eigenvalue weighted by atomic mass is 32.1. The number of amides is 2. The molecule has 1 fully saturated rings. The summed E-state index contributed by atoms with van der Waals surface area (Å²) in [5.41, 5.74) is 0. The molecule has 7 nitrogen and oxygen atoms in total. The maximum absolute atomic E-state index is 12.3. The van der Waals surface area contributed by atoms with E-state index in [1.54, 1.807) is 4.90 Å². The molecule has 0 saturated carbocycles. The van der Waals surface area contributed by atoms with Crippen LogP contribution in [0.3, 0.4) is 0 Å². The Hall–Kier alpha value is -2.19. The number of carbonyl (C=O) groups excluding carboxylic acids is 3. The lowest BCUT2D eigenvalue weighted by molar-refractivity contribution is -0.133. The molecule has 1 unspecified atom stereocenters. The molecular weight excluding hydrogens is 316 g/mol. The van der Waals surface area contributed by atoms with Gasteiger partial charge in [0.05, 0.1) is 11.4 Å². The van der Waals surface area contributed by atoms with Crippen LogP contribution in [0.5, 0.6) is 0 Å². The van der Waals surface area contributed by atoms with E-state index < -0.39 is 11.9 Å². The van der Waals surface area contributed by atoms with Crippen LogP contribution in [0.4, 0.5) is 0 Å². The third-order valence-electron chi connectivity index (χ3n) is 3.80. The Kier molecular flexibility index (Phi) is 4.73. The van der Waals surface area contributed by atoms with E-state index in [9.17, 15) is 14.4 Å². The summed E-state index contributed by atoms with van der Waals surface area (Å²) in [5, 5.41) is 9.02. The van der Waals surface area contributed by atoms with Crippen molar-refractivity contribution in [3.8, 4) is 0 Å². The van der Waals surface area contributed by atoms with Gasteiger partial charge in [0.25, 0.3) is 11.8 Å². The molecule has 1 aromatic rings. The molecule has 3 heterocycles. The Morgan fingerprint density at radius 1 is 1.26 bits per heavy atom. The van der Waals surface area contributed by atoms with E-state index in [2.05, 4.69) is 10.2 Å². The number of ketones is 1. The van der Waals surface area contributed by atoms with Gasteiger partial charge in [0.15, 0.2) is 11.8 Å². The van der Waals surface area contributed by atoms with Crippen molar-refractivity contribution in [2.45, 2.75) is 6.04 Å². The second-order valence-corrected chi connectivity index (χ2v) is 6.31. The first-order valence-electron chi connectivity index (χ1n) is 7.34. The van der Waals surface area contributed by atoms with Gasteiger partial charge in [0, 0.05) is 32.3 Å². The highest BCUT2D eigenvalue weighted by Crippen LogP contribution is 2.13. The highest BCUT2D eigenvalue weighted by Gasteiger charge is 2.28. The maximum Gasteiger partial charge on any atom is 0.287 e. The molecule has 23 heavy (non-hydrogen) atoms. The van der Waals surface area contributed by atoms with Gasteiger partial charge in [-0.2, -0.15) is 5.11 Å². The predicted molar refractivity (Wildman–Crippen MR) is 84.5 cm³/mol. The van der Waals surface area contributed by atoms with E-state index in [-0.39, 0.29) is 11.7 Å². The second-order valence-electron chi connectivity index (χ2n) is 5.36. The number of azo groups is 1. The molecular formula is C15H16N4O3S. The average Bonchev–Trinajstić information content (AvgIpc) is 3.10. The number of rotatable bonds is 4. The molecule has 1 aromatic heterocycles. The van der Waals surface area contributed by atoms with Crippen LogP contribution in [-0.2, 0) is 9.59 Å². The minimum Gasteiger partial charge on any atom is -0.338 e. The van der Waals surface area contributed by atoms with Crippen molar-refractivity contribution in [3.63, 3.8) is 0 Å². The minimum absolute atomic E-state index is 0.113. The standard InChI is InChI=1S/C15H16N4O3S/c20-12(13-2-1-9-23-13)10-18-5-7-19(8-6-18)15(22)11-3-4-14(21)17-16-11/h1-4,9,11H,5-8,10H2. The van der Waals surface area contributed by atoms with Gasteiger partial charge < -0.3 is 4.90 Å². The molecule has 0 aliphatic carbocycles.